The molecule has 0 unspecified atom stereocenters. The van der Waals surface area contributed by atoms with Crippen LogP contribution in [0, 0.1) is 17.0 Å². The number of aryl methyl sites for hydroxylation is 1. The summed E-state index contributed by atoms with van der Waals surface area (Å²) in [6.07, 6.45) is 0. The second-order valence-corrected chi connectivity index (χ2v) is 6.21. The lowest BCUT2D eigenvalue weighted by Gasteiger charge is -2.08. The van der Waals surface area contributed by atoms with E-state index in [4.69, 9.17) is 0 Å². The third-order valence-corrected chi connectivity index (χ3v) is 4.30. The molecule has 28 heavy (non-hydrogen) atoms. The average Bonchev–Trinajstić information content (AvgIpc) is 3.11. The number of nitrogens with zero attached hydrogens (tertiary/aromatic N) is 4. The number of rotatable bonds is 4. The Morgan fingerprint density at radius 2 is 1.64 bits per heavy atom. The van der Waals surface area contributed by atoms with Crippen molar-refractivity contribution in [2.45, 2.75) is 6.92 Å². The van der Waals surface area contributed by atoms with Crippen molar-refractivity contribution >= 4 is 28.3 Å². The molecule has 1 aromatic heterocycles. The first kappa shape index (κ1) is 17.3. The summed E-state index contributed by atoms with van der Waals surface area (Å²) in [6.45, 7) is 1.85. The summed E-state index contributed by atoms with van der Waals surface area (Å²) in [7, 11) is 0. The van der Waals surface area contributed by atoms with Crippen LogP contribution in [-0.2, 0) is 0 Å². The first-order chi connectivity index (χ1) is 13.5. The normalized spacial score (nSPS) is 10.8. The average molecular weight is 373 g/mol. The molecule has 1 N–H and O–H groups in total. The van der Waals surface area contributed by atoms with Crippen molar-refractivity contribution in [1.82, 2.24) is 15.0 Å². The van der Waals surface area contributed by atoms with E-state index in [1.807, 2.05) is 13.0 Å². The van der Waals surface area contributed by atoms with E-state index in [2.05, 4.69) is 15.5 Å². The van der Waals surface area contributed by atoms with Crippen molar-refractivity contribution in [2.75, 3.05) is 5.32 Å². The molecule has 138 valence electrons. The van der Waals surface area contributed by atoms with Gasteiger partial charge in [-0.25, -0.2) is 0 Å². The second-order valence-electron chi connectivity index (χ2n) is 6.21. The Bertz CT molecular complexity index is 1200. The van der Waals surface area contributed by atoms with Crippen LogP contribution in [0.5, 0.6) is 0 Å². The second kappa shape index (κ2) is 6.92. The Labute approximate surface area is 159 Å². The zero-order chi connectivity index (χ0) is 19.7. The number of carbonyl (C=O) groups excluding carboxylic acids is 1. The van der Waals surface area contributed by atoms with Gasteiger partial charge in [-0.2, -0.15) is 0 Å². The number of para-hydroxylation sites is 2. The zero-order valence-electron chi connectivity index (χ0n) is 14.9. The number of anilines is 1. The standard InChI is InChI=1S/C20H15N5O3/c1-13-11-16-17(12-15(13)21-20(26)14-7-3-2-4-8-14)23-24(22-16)18-9-5-6-10-19(18)25(27)28/h2-12H,1H3,(H,21,26). The molecule has 3 aromatic carbocycles. The maximum atomic E-state index is 12.4. The molecule has 0 saturated carbocycles. The lowest BCUT2D eigenvalue weighted by molar-refractivity contribution is -0.384. The molecule has 4 rings (SSSR count). The van der Waals surface area contributed by atoms with Crippen LogP contribution in [0.3, 0.4) is 0 Å². The SMILES string of the molecule is Cc1cc2nn(-c3ccccc3[N+](=O)[O-])nc2cc1NC(=O)c1ccccc1. The van der Waals surface area contributed by atoms with E-state index < -0.39 is 4.92 Å². The highest BCUT2D eigenvalue weighted by atomic mass is 16.6. The van der Waals surface area contributed by atoms with Crippen LogP contribution >= 0.6 is 0 Å². The summed E-state index contributed by atoms with van der Waals surface area (Å²) in [4.78, 5) is 24.5. The van der Waals surface area contributed by atoms with Crippen molar-refractivity contribution in [3.05, 3.63) is 88.0 Å². The van der Waals surface area contributed by atoms with Gasteiger partial charge in [-0.15, -0.1) is 15.0 Å². The van der Waals surface area contributed by atoms with Gasteiger partial charge >= 0.3 is 0 Å². The summed E-state index contributed by atoms with van der Waals surface area (Å²) in [6, 6.07) is 18.7. The van der Waals surface area contributed by atoms with Crippen molar-refractivity contribution in [1.29, 1.82) is 0 Å². The number of nitrogens with one attached hydrogen (secondary N) is 1. The summed E-state index contributed by atoms with van der Waals surface area (Å²) < 4.78 is 0. The van der Waals surface area contributed by atoms with Crippen LogP contribution in [0.25, 0.3) is 16.7 Å². The lowest BCUT2D eigenvalue weighted by atomic mass is 10.1. The molecule has 0 spiro atoms. The predicted octanol–water partition coefficient (Wildman–Crippen LogP) is 3.89. The van der Waals surface area contributed by atoms with Gasteiger partial charge in [0, 0.05) is 17.3 Å². The fourth-order valence-electron chi connectivity index (χ4n) is 2.88. The molecule has 0 fully saturated rings. The van der Waals surface area contributed by atoms with Crippen LogP contribution in [0.15, 0.2) is 66.7 Å². The minimum Gasteiger partial charge on any atom is -0.322 e. The maximum absolute atomic E-state index is 12.4. The molecule has 0 aliphatic rings. The highest BCUT2D eigenvalue weighted by Crippen LogP contribution is 2.25. The first-order valence-electron chi connectivity index (χ1n) is 8.51. The lowest BCUT2D eigenvalue weighted by Crippen LogP contribution is -2.12. The van der Waals surface area contributed by atoms with Crippen LogP contribution in [0.2, 0.25) is 0 Å². The number of carbonyl (C=O) groups is 1. The van der Waals surface area contributed by atoms with Crippen LogP contribution < -0.4 is 5.32 Å². The molecule has 0 atom stereocenters. The van der Waals surface area contributed by atoms with Crippen molar-refractivity contribution in [3.8, 4) is 5.69 Å². The molecule has 8 nitrogen and oxygen atoms in total. The minimum absolute atomic E-state index is 0.0860. The summed E-state index contributed by atoms with van der Waals surface area (Å²) in [5, 5.41) is 22.8. The summed E-state index contributed by atoms with van der Waals surface area (Å²) in [5.74, 6) is -0.228. The Morgan fingerprint density at radius 1 is 1.00 bits per heavy atom. The number of hydrogen-bond acceptors (Lipinski definition) is 5. The Morgan fingerprint density at radius 3 is 2.36 bits per heavy atom. The molecule has 8 heteroatoms. The molecule has 0 saturated heterocycles. The van der Waals surface area contributed by atoms with Crippen LogP contribution in [-0.4, -0.2) is 25.8 Å². The minimum atomic E-state index is -0.472. The molecule has 0 bridgehead atoms. The van der Waals surface area contributed by atoms with Gasteiger partial charge in [-0.1, -0.05) is 30.3 Å². The van der Waals surface area contributed by atoms with E-state index in [1.54, 1.807) is 54.6 Å². The van der Waals surface area contributed by atoms with E-state index in [0.717, 1.165) is 5.56 Å². The van der Waals surface area contributed by atoms with Crippen molar-refractivity contribution < 1.29 is 9.72 Å². The van der Waals surface area contributed by atoms with Crippen LogP contribution in [0.4, 0.5) is 11.4 Å². The van der Waals surface area contributed by atoms with E-state index in [-0.39, 0.29) is 17.3 Å². The van der Waals surface area contributed by atoms with E-state index in [9.17, 15) is 14.9 Å². The molecule has 4 aromatic rings. The molecule has 0 aliphatic heterocycles. The smallest absolute Gasteiger partial charge is 0.296 e. The largest absolute Gasteiger partial charge is 0.322 e. The Balaban J connectivity index is 1.72. The fourth-order valence-corrected chi connectivity index (χ4v) is 2.88. The maximum Gasteiger partial charge on any atom is 0.296 e. The molecule has 1 amide bonds. The van der Waals surface area contributed by atoms with Crippen molar-refractivity contribution in [2.24, 2.45) is 0 Å². The predicted molar refractivity (Wildman–Crippen MR) is 105 cm³/mol. The fraction of sp³-hybridized carbons (Fsp3) is 0.0500. The first-order valence-corrected chi connectivity index (χ1v) is 8.51. The highest BCUT2D eigenvalue weighted by molar-refractivity contribution is 6.05. The molecule has 0 aliphatic carbocycles. The highest BCUT2D eigenvalue weighted by Gasteiger charge is 2.17. The summed E-state index contributed by atoms with van der Waals surface area (Å²) in [5.41, 5.74) is 3.25. The number of aromatic nitrogens is 3. The third-order valence-electron chi connectivity index (χ3n) is 4.30. The Hall–Kier alpha value is -4.07. The molecule has 1 heterocycles. The number of nitro groups is 1. The molecular weight excluding hydrogens is 358 g/mol. The van der Waals surface area contributed by atoms with Gasteiger partial charge < -0.3 is 5.32 Å². The van der Waals surface area contributed by atoms with Gasteiger partial charge in [0.25, 0.3) is 11.6 Å². The Kier molecular flexibility index (Phi) is 4.29. The summed E-state index contributed by atoms with van der Waals surface area (Å²) >= 11 is 0. The van der Waals surface area contributed by atoms with Gasteiger partial charge in [0.05, 0.1) is 4.92 Å². The van der Waals surface area contributed by atoms with E-state index >= 15 is 0 Å². The van der Waals surface area contributed by atoms with Crippen molar-refractivity contribution in [3.63, 3.8) is 0 Å². The number of nitro benzene ring substituents is 1. The van der Waals surface area contributed by atoms with E-state index in [1.165, 1.54) is 10.9 Å². The monoisotopic (exact) mass is 373 g/mol. The van der Waals surface area contributed by atoms with Gasteiger partial charge in [-0.3, -0.25) is 14.9 Å². The molecule has 0 radical (unpaired) electrons. The third kappa shape index (κ3) is 3.18. The van der Waals surface area contributed by atoms with Gasteiger partial charge in [0.2, 0.25) is 0 Å². The van der Waals surface area contributed by atoms with Gasteiger partial charge in [0.15, 0.2) is 5.69 Å². The topological polar surface area (TPSA) is 103 Å². The van der Waals surface area contributed by atoms with Gasteiger partial charge in [-0.05, 0) is 42.8 Å². The number of benzene rings is 3. The van der Waals surface area contributed by atoms with Gasteiger partial charge in [0.1, 0.15) is 11.0 Å². The number of amides is 1. The number of fused-ring (bicyclic) bond motifs is 1. The zero-order valence-corrected chi connectivity index (χ0v) is 14.9. The quantitative estimate of drug-likeness (QED) is 0.432. The van der Waals surface area contributed by atoms with Crippen LogP contribution in [0.1, 0.15) is 15.9 Å². The van der Waals surface area contributed by atoms with E-state index in [0.29, 0.717) is 22.3 Å². The molecular formula is C20H15N5O3. The number of hydrogen-bond donors (Lipinski definition) is 1.